The predicted molar refractivity (Wildman–Crippen MR) is 51.2 cm³/mol. The molecule has 0 saturated carbocycles. The van der Waals surface area contributed by atoms with E-state index < -0.39 is 23.7 Å². The van der Waals surface area contributed by atoms with Crippen molar-refractivity contribution in [2.75, 3.05) is 7.11 Å². The van der Waals surface area contributed by atoms with Crippen molar-refractivity contribution >= 4 is 18.3 Å². The van der Waals surface area contributed by atoms with Gasteiger partial charge in [-0.3, -0.25) is 0 Å². The predicted octanol–water partition coefficient (Wildman–Crippen LogP) is 0.252. The highest BCUT2D eigenvalue weighted by molar-refractivity contribution is 5.95. The number of alkyl carbamates (subject to hydrolysis) is 1. The van der Waals surface area contributed by atoms with Crippen molar-refractivity contribution in [1.82, 2.24) is 5.32 Å². The van der Waals surface area contributed by atoms with Gasteiger partial charge in [0.25, 0.3) is 0 Å². The Morgan fingerprint density at radius 3 is 2.20 bits per heavy atom. The second-order valence-electron chi connectivity index (χ2n) is 3.78. The normalized spacial score (nSPS) is 12.5. The number of aldehydes is 1. The van der Waals surface area contributed by atoms with Gasteiger partial charge in [0.2, 0.25) is 0 Å². The molecule has 15 heavy (non-hydrogen) atoms. The molecule has 0 aliphatic carbocycles. The van der Waals surface area contributed by atoms with Crippen LogP contribution < -0.4 is 5.32 Å². The summed E-state index contributed by atoms with van der Waals surface area (Å²) in [6.07, 6.45) is -0.569. The molecule has 0 fully saturated rings. The Morgan fingerprint density at radius 1 is 1.33 bits per heavy atom. The van der Waals surface area contributed by atoms with Crippen LogP contribution in [0.3, 0.4) is 0 Å². The molecule has 0 aromatic heterocycles. The Bertz CT molecular complexity index is 256. The minimum absolute atomic E-state index is 0.274. The molecular weight excluding hydrogens is 202 g/mol. The van der Waals surface area contributed by atoms with Crippen LogP contribution in [0.25, 0.3) is 0 Å². The third-order valence-electron chi connectivity index (χ3n) is 1.26. The zero-order valence-electron chi connectivity index (χ0n) is 9.20. The number of methoxy groups -OCH3 is 1. The number of hydrogen-bond acceptors (Lipinski definition) is 5. The molecule has 0 saturated heterocycles. The quantitative estimate of drug-likeness (QED) is 0.416. The lowest BCUT2D eigenvalue weighted by molar-refractivity contribution is -0.144. The van der Waals surface area contributed by atoms with Gasteiger partial charge < -0.3 is 19.6 Å². The summed E-state index contributed by atoms with van der Waals surface area (Å²) in [5.41, 5.74) is -0.687. The van der Waals surface area contributed by atoms with Crippen LogP contribution in [0.5, 0.6) is 0 Å². The molecule has 0 unspecified atom stereocenters. The largest absolute Gasteiger partial charge is 0.467 e. The van der Waals surface area contributed by atoms with Gasteiger partial charge in [-0.25, -0.2) is 9.59 Å². The Balaban J connectivity index is 4.26. The molecule has 6 nitrogen and oxygen atoms in total. The minimum atomic E-state index is -1.33. The van der Waals surface area contributed by atoms with Gasteiger partial charge in [0.15, 0.2) is 12.3 Å². The highest BCUT2D eigenvalue weighted by Crippen LogP contribution is 2.06. The van der Waals surface area contributed by atoms with E-state index in [0.717, 1.165) is 7.11 Å². The van der Waals surface area contributed by atoms with Gasteiger partial charge >= 0.3 is 12.1 Å². The fourth-order valence-corrected chi connectivity index (χ4v) is 0.710. The van der Waals surface area contributed by atoms with E-state index in [4.69, 9.17) is 4.74 Å². The third-order valence-corrected chi connectivity index (χ3v) is 1.26. The number of esters is 1. The molecule has 0 bridgehead atoms. The molecular formula is C9H15NO5. The maximum atomic E-state index is 11.1. The SMILES string of the molecule is COC(=O)[C@H](C=O)NC(=O)OC(C)(C)C. The fraction of sp³-hybridized carbons (Fsp3) is 0.667. The smallest absolute Gasteiger partial charge is 0.408 e. The van der Waals surface area contributed by atoms with Gasteiger partial charge in [-0.15, -0.1) is 0 Å². The summed E-state index contributed by atoms with van der Waals surface area (Å²) in [6, 6.07) is -1.33. The van der Waals surface area contributed by atoms with Crippen LogP contribution in [-0.4, -0.2) is 37.1 Å². The average molecular weight is 217 g/mol. The summed E-state index contributed by atoms with van der Waals surface area (Å²) in [5, 5.41) is 2.07. The number of carbonyl (C=O) groups excluding carboxylic acids is 3. The van der Waals surface area contributed by atoms with Crippen molar-refractivity contribution in [3.8, 4) is 0 Å². The Kier molecular flexibility index (Phi) is 4.77. The Labute approximate surface area is 87.9 Å². The van der Waals surface area contributed by atoms with Gasteiger partial charge in [0, 0.05) is 0 Å². The lowest BCUT2D eigenvalue weighted by Crippen LogP contribution is -2.44. The van der Waals surface area contributed by atoms with E-state index in [2.05, 4.69) is 10.1 Å². The van der Waals surface area contributed by atoms with E-state index in [9.17, 15) is 14.4 Å². The number of carbonyl (C=O) groups is 3. The van der Waals surface area contributed by atoms with Crippen LogP contribution >= 0.6 is 0 Å². The molecule has 0 heterocycles. The Hall–Kier alpha value is -1.59. The zero-order valence-corrected chi connectivity index (χ0v) is 9.20. The average Bonchev–Trinajstić information content (AvgIpc) is 2.10. The van der Waals surface area contributed by atoms with E-state index in [0.29, 0.717) is 0 Å². The summed E-state index contributed by atoms with van der Waals surface area (Å²) >= 11 is 0. The summed E-state index contributed by atoms with van der Waals surface area (Å²) in [5.74, 6) is -0.837. The number of amides is 1. The van der Waals surface area contributed by atoms with Crippen LogP contribution in [0.2, 0.25) is 0 Å². The first-order valence-electron chi connectivity index (χ1n) is 4.33. The number of ether oxygens (including phenoxy) is 2. The van der Waals surface area contributed by atoms with Crippen molar-refractivity contribution in [3.63, 3.8) is 0 Å². The fourth-order valence-electron chi connectivity index (χ4n) is 0.710. The van der Waals surface area contributed by atoms with Gasteiger partial charge in [-0.1, -0.05) is 0 Å². The summed E-state index contributed by atoms with van der Waals surface area (Å²) in [7, 11) is 1.12. The maximum Gasteiger partial charge on any atom is 0.408 e. The van der Waals surface area contributed by atoms with E-state index in [1.807, 2.05) is 0 Å². The van der Waals surface area contributed by atoms with Gasteiger partial charge in [0.1, 0.15) is 5.60 Å². The standard InChI is InChI=1S/C9H15NO5/c1-9(2,3)15-8(13)10-6(5-11)7(12)14-4/h5-6H,1-4H3,(H,10,13)/t6-/m0/s1. The topological polar surface area (TPSA) is 81.7 Å². The zero-order chi connectivity index (χ0) is 12.1. The number of nitrogens with one attached hydrogen (secondary N) is 1. The molecule has 0 rings (SSSR count). The van der Waals surface area contributed by atoms with Crippen LogP contribution in [0.15, 0.2) is 0 Å². The molecule has 0 aliphatic rings. The van der Waals surface area contributed by atoms with Crippen LogP contribution in [-0.2, 0) is 19.1 Å². The van der Waals surface area contributed by atoms with E-state index in [-0.39, 0.29) is 6.29 Å². The molecule has 0 aliphatic heterocycles. The molecule has 6 heteroatoms. The third kappa shape index (κ3) is 5.66. The Morgan fingerprint density at radius 2 is 1.87 bits per heavy atom. The van der Waals surface area contributed by atoms with Gasteiger partial charge in [0.05, 0.1) is 7.11 Å². The van der Waals surface area contributed by atoms with Crippen molar-refractivity contribution in [2.24, 2.45) is 0 Å². The first kappa shape index (κ1) is 13.4. The minimum Gasteiger partial charge on any atom is -0.467 e. The van der Waals surface area contributed by atoms with Crippen molar-refractivity contribution in [1.29, 1.82) is 0 Å². The molecule has 0 aromatic rings. The molecule has 1 N–H and O–H groups in total. The highest BCUT2D eigenvalue weighted by Gasteiger charge is 2.24. The van der Waals surface area contributed by atoms with E-state index in [1.165, 1.54) is 0 Å². The summed E-state index contributed by atoms with van der Waals surface area (Å²) in [4.78, 5) is 32.5. The lowest BCUT2D eigenvalue weighted by Gasteiger charge is -2.20. The number of rotatable bonds is 3. The molecule has 86 valence electrons. The van der Waals surface area contributed by atoms with E-state index in [1.54, 1.807) is 20.8 Å². The second kappa shape index (κ2) is 5.33. The van der Waals surface area contributed by atoms with Gasteiger partial charge in [-0.2, -0.15) is 0 Å². The molecule has 0 radical (unpaired) electrons. The molecule has 1 amide bonds. The summed E-state index contributed by atoms with van der Waals surface area (Å²) in [6.45, 7) is 5.00. The monoisotopic (exact) mass is 217 g/mol. The second-order valence-corrected chi connectivity index (χ2v) is 3.78. The summed E-state index contributed by atoms with van der Waals surface area (Å²) < 4.78 is 9.14. The van der Waals surface area contributed by atoms with Crippen LogP contribution in [0.1, 0.15) is 20.8 Å². The number of hydrogen-bond donors (Lipinski definition) is 1. The molecule has 0 spiro atoms. The molecule has 1 atom stereocenters. The van der Waals surface area contributed by atoms with Crippen LogP contribution in [0.4, 0.5) is 4.79 Å². The first-order chi connectivity index (χ1) is 6.80. The lowest BCUT2D eigenvalue weighted by atomic mass is 10.2. The van der Waals surface area contributed by atoms with Gasteiger partial charge in [-0.05, 0) is 20.8 Å². The van der Waals surface area contributed by atoms with Crippen LogP contribution in [0, 0.1) is 0 Å². The van der Waals surface area contributed by atoms with Crippen molar-refractivity contribution in [2.45, 2.75) is 32.4 Å². The van der Waals surface area contributed by atoms with E-state index >= 15 is 0 Å². The maximum absolute atomic E-state index is 11.1. The van der Waals surface area contributed by atoms with Crippen molar-refractivity contribution < 1.29 is 23.9 Å². The first-order valence-corrected chi connectivity index (χ1v) is 4.33. The molecule has 0 aromatic carbocycles. The van der Waals surface area contributed by atoms with Crippen molar-refractivity contribution in [3.05, 3.63) is 0 Å². The highest BCUT2D eigenvalue weighted by atomic mass is 16.6.